The minimum atomic E-state index is 0.0618. The van der Waals surface area contributed by atoms with Gasteiger partial charge in [0.1, 0.15) is 5.75 Å². The summed E-state index contributed by atoms with van der Waals surface area (Å²) in [4.78, 5) is 16.8. The van der Waals surface area contributed by atoms with Gasteiger partial charge in [0.2, 0.25) is 0 Å². The van der Waals surface area contributed by atoms with Crippen LogP contribution in [0.2, 0.25) is 0 Å². The second-order valence-electron chi connectivity index (χ2n) is 6.75. The third-order valence-corrected chi connectivity index (χ3v) is 4.73. The highest BCUT2D eigenvalue weighted by Crippen LogP contribution is 2.15. The van der Waals surface area contributed by atoms with E-state index in [0.717, 1.165) is 31.9 Å². The van der Waals surface area contributed by atoms with Crippen LogP contribution in [0.3, 0.4) is 0 Å². The van der Waals surface area contributed by atoms with Crippen molar-refractivity contribution >= 4 is 5.91 Å². The Labute approximate surface area is 150 Å². The summed E-state index contributed by atoms with van der Waals surface area (Å²) in [6, 6.07) is 18.6. The first-order chi connectivity index (χ1) is 12.1. The molecule has 132 valence electrons. The average Bonchev–Trinajstić information content (AvgIpc) is 2.63. The van der Waals surface area contributed by atoms with Gasteiger partial charge in [0.05, 0.1) is 0 Å². The highest BCUT2D eigenvalue weighted by molar-refractivity contribution is 5.78. The number of hydrogen-bond acceptors (Lipinski definition) is 3. The summed E-state index contributed by atoms with van der Waals surface area (Å²) < 4.78 is 5.63. The van der Waals surface area contributed by atoms with Crippen molar-refractivity contribution in [3.05, 3.63) is 65.7 Å². The number of nitrogens with zero attached hydrogens (tertiary/aromatic N) is 2. The fourth-order valence-corrected chi connectivity index (χ4v) is 3.15. The van der Waals surface area contributed by atoms with E-state index in [1.807, 2.05) is 42.2 Å². The molecule has 0 saturated carbocycles. The lowest BCUT2D eigenvalue weighted by molar-refractivity contribution is -0.136. The molecule has 1 unspecified atom stereocenters. The van der Waals surface area contributed by atoms with Crippen molar-refractivity contribution in [1.29, 1.82) is 0 Å². The molecule has 1 aliphatic heterocycles. The molecular weight excluding hydrogens is 312 g/mol. The van der Waals surface area contributed by atoms with Crippen molar-refractivity contribution in [3.8, 4) is 5.75 Å². The van der Waals surface area contributed by atoms with Gasteiger partial charge in [-0.3, -0.25) is 9.69 Å². The Morgan fingerprint density at radius 1 is 1.08 bits per heavy atom. The number of benzene rings is 2. The molecule has 1 heterocycles. The molecule has 2 aromatic rings. The summed E-state index contributed by atoms with van der Waals surface area (Å²) in [5.41, 5.74) is 2.50. The van der Waals surface area contributed by atoms with Crippen molar-refractivity contribution in [2.75, 3.05) is 26.2 Å². The predicted molar refractivity (Wildman–Crippen MR) is 99.6 cm³/mol. The second-order valence-corrected chi connectivity index (χ2v) is 6.75. The van der Waals surface area contributed by atoms with Crippen LogP contribution in [0, 0.1) is 6.92 Å². The normalized spacial score (nSPS) is 18.2. The SMILES string of the molecule is Cc1ccc(OCC(=O)N2CCN(Cc3ccccc3)C(C)C2)cc1. The Balaban J connectivity index is 1.48. The lowest BCUT2D eigenvalue weighted by Gasteiger charge is -2.39. The van der Waals surface area contributed by atoms with E-state index < -0.39 is 0 Å². The van der Waals surface area contributed by atoms with Gasteiger partial charge in [-0.05, 0) is 31.5 Å². The van der Waals surface area contributed by atoms with Gasteiger partial charge in [-0.25, -0.2) is 0 Å². The van der Waals surface area contributed by atoms with Crippen LogP contribution in [0.4, 0.5) is 0 Å². The molecule has 25 heavy (non-hydrogen) atoms. The molecule has 1 aliphatic rings. The fourth-order valence-electron chi connectivity index (χ4n) is 3.15. The number of hydrogen-bond donors (Lipinski definition) is 0. The molecule has 1 atom stereocenters. The molecule has 0 bridgehead atoms. The maximum absolute atomic E-state index is 12.4. The third kappa shape index (κ3) is 4.83. The van der Waals surface area contributed by atoms with Crippen LogP contribution in [0.15, 0.2) is 54.6 Å². The molecule has 4 nitrogen and oxygen atoms in total. The van der Waals surface area contributed by atoms with Crippen molar-refractivity contribution in [2.24, 2.45) is 0 Å². The van der Waals surface area contributed by atoms with Gasteiger partial charge in [0.25, 0.3) is 5.91 Å². The smallest absolute Gasteiger partial charge is 0.260 e. The third-order valence-electron chi connectivity index (χ3n) is 4.73. The molecule has 0 spiro atoms. The van der Waals surface area contributed by atoms with Gasteiger partial charge in [-0.2, -0.15) is 0 Å². The van der Waals surface area contributed by atoms with Crippen LogP contribution < -0.4 is 4.74 Å². The average molecular weight is 338 g/mol. The van der Waals surface area contributed by atoms with Gasteiger partial charge in [-0.15, -0.1) is 0 Å². The first-order valence-electron chi connectivity index (χ1n) is 8.87. The summed E-state index contributed by atoms with van der Waals surface area (Å²) in [7, 11) is 0. The zero-order chi connectivity index (χ0) is 17.6. The minimum absolute atomic E-state index is 0.0618. The summed E-state index contributed by atoms with van der Waals surface area (Å²) in [6.07, 6.45) is 0. The van der Waals surface area contributed by atoms with E-state index in [2.05, 4.69) is 36.1 Å². The standard InChI is InChI=1S/C21H26N2O2/c1-17-8-10-20(11-9-17)25-16-21(24)23-13-12-22(18(2)14-23)15-19-6-4-3-5-7-19/h3-11,18H,12-16H2,1-2H3. The number of aryl methyl sites for hydroxylation is 1. The van der Waals surface area contributed by atoms with E-state index in [4.69, 9.17) is 4.74 Å². The molecule has 0 aliphatic carbocycles. The summed E-state index contributed by atoms with van der Waals surface area (Å²) in [5, 5.41) is 0. The molecule has 1 saturated heterocycles. The Hall–Kier alpha value is -2.33. The summed E-state index contributed by atoms with van der Waals surface area (Å²) in [5.74, 6) is 0.807. The molecule has 1 amide bonds. The topological polar surface area (TPSA) is 32.8 Å². The number of rotatable bonds is 5. The van der Waals surface area contributed by atoms with Crippen molar-refractivity contribution in [3.63, 3.8) is 0 Å². The first-order valence-corrected chi connectivity index (χ1v) is 8.87. The molecule has 2 aromatic carbocycles. The van der Waals surface area contributed by atoms with Crippen LogP contribution in [0.25, 0.3) is 0 Å². The number of carbonyl (C=O) groups is 1. The van der Waals surface area contributed by atoms with Crippen LogP contribution in [-0.4, -0.2) is 48.0 Å². The van der Waals surface area contributed by atoms with Crippen molar-refractivity contribution < 1.29 is 9.53 Å². The molecule has 0 N–H and O–H groups in total. The molecule has 0 aromatic heterocycles. The van der Waals surface area contributed by atoms with Crippen molar-refractivity contribution in [2.45, 2.75) is 26.4 Å². The number of piperazine rings is 1. The molecule has 4 heteroatoms. The van der Waals surface area contributed by atoms with Crippen LogP contribution in [0.1, 0.15) is 18.1 Å². The Morgan fingerprint density at radius 3 is 2.48 bits per heavy atom. The summed E-state index contributed by atoms with van der Waals surface area (Å²) in [6.45, 7) is 7.66. The van der Waals surface area contributed by atoms with Gasteiger partial charge < -0.3 is 9.64 Å². The van der Waals surface area contributed by atoms with Crippen LogP contribution >= 0.6 is 0 Å². The Morgan fingerprint density at radius 2 is 1.80 bits per heavy atom. The van der Waals surface area contributed by atoms with Gasteiger partial charge in [0, 0.05) is 32.2 Å². The number of ether oxygens (including phenoxy) is 1. The monoisotopic (exact) mass is 338 g/mol. The fraction of sp³-hybridized carbons (Fsp3) is 0.381. The highest BCUT2D eigenvalue weighted by Gasteiger charge is 2.26. The summed E-state index contributed by atoms with van der Waals surface area (Å²) >= 11 is 0. The Kier molecular flexibility index (Phi) is 5.71. The first kappa shape index (κ1) is 17.5. The van der Waals surface area contributed by atoms with Gasteiger partial charge in [0.15, 0.2) is 6.61 Å². The van der Waals surface area contributed by atoms with Gasteiger partial charge >= 0.3 is 0 Å². The zero-order valence-corrected chi connectivity index (χ0v) is 15.0. The van der Waals surface area contributed by atoms with E-state index in [-0.39, 0.29) is 12.5 Å². The van der Waals surface area contributed by atoms with E-state index in [1.54, 1.807) is 0 Å². The van der Waals surface area contributed by atoms with Gasteiger partial charge in [-0.1, -0.05) is 48.0 Å². The zero-order valence-electron chi connectivity index (χ0n) is 15.0. The predicted octanol–water partition coefficient (Wildman–Crippen LogP) is 3.11. The van der Waals surface area contributed by atoms with Crippen LogP contribution in [-0.2, 0) is 11.3 Å². The Bertz CT molecular complexity index is 685. The molecular formula is C21H26N2O2. The van der Waals surface area contributed by atoms with E-state index >= 15 is 0 Å². The largest absolute Gasteiger partial charge is 0.484 e. The molecule has 0 radical (unpaired) electrons. The quantitative estimate of drug-likeness (QED) is 0.840. The second kappa shape index (κ2) is 8.17. The van der Waals surface area contributed by atoms with Crippen LogP contribution in [0.5, 0.6) is 5.75 Å². The van der Waals surface area contributed by atoms with E-state index in [1.165, 1.54) is 11.1 Å². The lowest BCUT2D eigenvalue weighted by Crippen LogP contribution is -2.54. The van der Waals surface area contributed by atoms with Crippen molar-refractivity contribution in [1.82, 2.24) is 9.80 Å². The van der Waals surface area contributed by atoms with E-state index in [9.17, 15) is 4.79 Å². The maximum atomic E-state index is 12.4. The number of carbonyl (C=O) groups excluding carboxylic acids is 1. The number of amides is 1. The highest BCUT2D eigenvalue weighted by atomic mass is 16.5. The molecule has 3 rings (SSSR count). The van der Waals surface area contributed by atoms with E-state index in [0.29, 0.717) is 6.04 Å². The molecule has 1 fully saturated rings. The lowest BCUT2D eigenvalue weighted by atomic mass is 10.1. The minimum Gasteiger partial charge on any atom is -0.484 e. The maximum Gasteiger partial charge on any atom is 0.260 e.